The van der Waals surface area contributed by atoms with Gasteiger partial charge in [0.1, 0.15) is 0 Å². The molecule has 0 spiro atoms. The van der Waals surface area contributed by atoms with Crippen LogP contribution in [0.2, 0.25) is 0 Å². The minimum Gasteiger partial charge on any atom is -0.333 e. The zero-order valence-corrected chi connectivity index (χ0v) is 11.5. The predicted octanol–water partition coefficient (Wildman–Crippen LogP) is 3.30. The van der Waals surface area contributed by atoms with E-state index in [-0.39, 0.29) is 0 Å². The third kappa shape index (κ3) is 2.21. The molecule has 2 aromatic rings. The van der Waals surface area contributed by atoms with Crippen LogP contribution in [-0.4, -0.2) is 16.5 Å². The molecule has 1 aromatic carbocycles. The molecule has 1 aliphatic heterocycles. The number of rotatable bonds is 2. The molecule has 0 saturated carbocycles. The maximum Gasteiger partial charge on any atom is 0.226 e. The van der Waals surface area contributed by atoms with E-state index in [1.165, 1.54) is 11.1 Å². The summed E-state index contributed by atoms with van der Waals surface area (Å²) in [6, 6.07) is 11.1. The highest BCUT2D eigenvalue weighted by molar-refractivity contribution is 5.43. The standard InChI is InChI=1S/C16H19N3/c1-3-15-14-7-5-4-6-13(14)9-11-19(15)16-17-10-8-12(2)18-16/h4-8,10,15H,3,9,11H2,1-2H3. The van der Waals surface area contributed by atoms with E-state index >= 15 is 0 Å². The first kappa shape index (κ1) is 12.2. The van der Waals surface area contributed by atoms with Crippen LogP contribution in [0.4, 0.5) is 5.95 Å². The maximum absolute atomic E-state index is 4.58. The van der Waals surface area contributed by atoms with Crippen LogP contribution in [0.25, 0.3) is 0 Å². The molecule has 19 heavy (non-hydrogen) atoms. The Balaban J connectivity index is 2.00. The quantitative estimate of drug-likeness (QED) is 0.822. The van der Waals surface area contributed by atoms with Gasteiger partial charge in [-0.05, 0) is 37.0 Å². The molecule has 1 aromatic heterocycles. The highest BCUT2D eigenvalue weighted by Crippen LogP contribution is 2.33. The summed E-state index contributed by atoms with van der Waals surface area (Å²) >= 11 is 0. The van der Waals surface area contributed by atoms with Crippen LogP contribution >= 0.6 is 0 Å². The van der Waals surface area contributed by atoms with Crippen molar-refractivity contribution in [2.75, 3.05) is 11.4 Å². The smallest absolute Gasteiger partial charge is 0.226 e. The first-order valence-corrected chi connectivity index (χ1v) is 6.93. The summed E-state index contributed by atoms with van der Waals surface area (Å²) in [6.45, 7) is 5.25. The molecule has 1 aliphatic rings. The Morgan fingerprint density at radius 1 is 1.26 bits per heavy atom. The van der Waals surface area contributed by atoms with Crippen molar-refractivity contribution in [1.29, 1.82) is 0 Å². The monoisotopic (exact) mass is 253 g/mol. The molecule has 2 heterocycles. The fraction of sp³-hybridized carbons (Fsp3) is 0.375. The first-order chi connectivity index (χ1) is 9.29. The molecule has 3 rings (SSSR count). The van der Waals surface area contributed by atoms with Gasteiger partial charge in [0, 0.05) is 18.4 Å². The highest BCUT2D eigenvalue weighted by atomic mass is 15.3. The average Bonchev–Trinajstić information content (AvgIpc) is 2.46. The van der Waals surface area contributed by atoms with Gasteiger partial charge in [-0.15, -0.1) is 0 Å². The molecule has 1 atom stereocenters. The van der Waals surface area contributed by atoms with E-state index in [2.05, 4.69) is 46.1 Å². The SMILES string of the molecule is CCC1c2ccccc2CCN1c1nccc(C)n1. The number of aryl methyl sites for hydroxylation is 1. The Morgan fingerprint density at radius 3 is 2.89 bits per heavy atom. The number of benzene rings is 1. The third-order valence-corrected chi connectivity index (χ3v) is 3.84. The molecular formula is C16H19N3. The van der Waals surface area contributed by atoms with E-state index in [9.17, 15) is 0 Å². The van der Waals surface area contributed by atoms with Crippen LogP contribution in [0.1, 0.15) is 36.2 Å². The molecule has 0 amide bonds. The summed E-state index contributed by atoms with van der Waals surface area (Å²) in [4.78, 5) is 11.4. The lowest BCUT2D eigenvalue weighted by molar-refractivity contribution is 0.554. The van der Waals surface area contributed by atoms with Crippen LogP contribution in [0.5, 0.6) is 0 Å². The molecule has 98 valence electrons. The fourth-order valence-corrected chi connectivity index (χ4v) is 2.91. The highest BCUT2D eigenvalue weighted by Gasteiger charge is 2.27. The van der Waals surface area contributed by atoms with Gasteiger partial charge in [0.25, 0.3) is 0 Å². The summed E-state index contributed by atoms with van der Waals surface area (Å²) in [5.41, 5.74) is 3.93. The van der Waals surface area contributed by atoms with Gasteiger partial charge in [-0.25, -0.2) is 9.97 Å². The molecule has 1 unspecified atom stereocenters. The zero-order chi connectivity index (χ0) is 13.2. The van der Waals surface area contributed by atoms with Gasteiger partial charge >= 0.3 is 0 Å². The Bertz CT molecular complexity index is 580. The van der Waals surface area contributed by atoms with Crippen molar-refractivity contribution in [3.8, 4) is 0 Å². The normalized spacial score (nSPS) is 18.2. The molecule has 0 radical (unpaired) electrons. The number of hydrogen-bond donors (Lipinski definition) is 0. The molecular weight excluding hydrogens is 234 g/mol. The Hall–Kier alpha value is -1.90. The van der Waals surface area contributed by atoms with Gasteiger partial charge in [-0.2, -0.15) is 0 Å². The van der Waals surface area contributed by atoms with Gasteiger partial charge in [0.15, 0.2) is 0 Å². The van der Waals surface area contributed by atoms with Crippen LogP contribution < -0.4 is 4.90 Å². The van der Waals surface area contributed by atoms with Crippen molar-refractivity contribution in [2.24, 2.45) is 0 Å². The Kier molecular flexibility index (Phi) is 3.20. The topological polar surface area (TPSA) is 29.0 Å². The van der Waals surface area contributed by atoms with Crippen LogP contribution in [0, 0.1) is 6.92 Å². The Labute approximate surface area is 114 Å². The minimum absolute atomic E-state index is 0.395. The van der Waals surface area contributed by atoms with E-state index in [1.54, 1.807) is 0 Å². The molecule has 0 N–H and O–H groups in total. The number of nitrogens with zero attached hydrogens (tertiary/aromatic N) is 3. The van der Waals surface area contributed by atoms with Crippen LogP contribution in [-0.2, 0) is 6.42 Å². The second-order valence-corrected chi connectivity index (χ2v) is 5.06. The number of hydrogen-bond acceptors (Lipinski definition) is 3. The van der Waals surface area contributed by atoms with E-state index < -0.39 is 0 Å². The van der Waals surface area contributed by atoms with E-state index in [1.807, 2.05) is 19.2 Å². The van der Waals surface area contributed by atoms with Gasteiger partial charge in [-0.3, -0.25) is 0 Å². The van der Waals surface area contributed by atoms with Crippen molar-refractivity contribution in [2.45, 2.75) is 32.7 Å². The van der Waals surface area contributed by atoms with Crippen molar-refractivity contribution < 1.29 is 0 Å². The van der Waals surface area contributed by atoms with E-state index in [4.69, 9.17) is 0 Å². The largest absolute Gasteiger partial charge is 0.333 e. The molecule has 0 fully saturated rings. The van der Waals surface area contributed by atoms with Gasteiger partial charge in [0.05, 0.1) is 6.04 Å². The van der Waals surface area contributed by atoms with Gasteiger partial charge in [0.2, 0.25) is 5.95 Å². The van der Waals surface area contributed by atoms with Crippen LogP contribution in [0.3, 0.4) is 0 Å². The third-order valence-electron chi connectivity index (χ3n) is 3.84. The zero-order valence-electron chi connectivity index (χ0n) is 11.5. The van der Waals surface area contributed by atoms with Gasteiger partial charge in [-0.1, -0.05) is 31.2 Å². The lowest BCUT2D eigenvalue weighted by Gasteiger charge is -2.37. The minimum atomic E-state index is 0.395. The molecule has 3 nitrogen and oxygen atoms in total. The molecule has 0 saturated heterocycles. The number of fused-ring (bicyclic) bond motifs is 1. The van der Waals surface area contributed by atoms with Crippen molar-refractivity contribution in [1.82, 2.24) is 9.97 Å². The fourth-order valence-electron chi connectivity index (χ4n) is 2.91. The van der Waals surface area contributed by atoms with Crippen LogP contribution in [0.15, 0.2) is 36.5 Å². The summed E-state index contributed by atoms with van der Waals surface area (Å²) < 4.78 is 0. The molecule has 0 bridgehead atoms. The summed E-state index contributed by atoms with van der Waals surface area (Å²) in [5, 5.41) is 0. The second-order valence-electron chi connectivity index (χ2n) is 5.06. The lowest BCUT2D eigenvalue weighted by Crippen LogP contribution is -2.36. The summed E-state index contributed by atoms with van der Waals surface area (Å²) in [5.74, 6) is 0.862. The second kappa shape index (κ2) is 5.00. The first-order valence-electron chi connectivity index (χ1n) is 6.93. The van der Waals surface area contributed by atoms with Crippen molar-refractivity contribution in [3.05, 3.63) is 53.3 Å². The van der Waals surface area contributed by atoms with E-state index in [0.29, 0.717) is 6.04 Å². The van der Waals surface area contributed by atoms with Gasteiger partial charge < -0.3 is 4.90 Å². The van der Waals surface area contributed by atoms with Crippen molar-refractivity contribution >= 4 is 5.95 Å². The lowest BCUT2D eigenvalue weighted by atomic mass is 9.91. The summed E-state index contributed by atoms with van der Waals surface area (Å²) in [7, 11) is 0. The predicted molar refractivity (Wildman–Crippen MR) is 77.3 cm³/mol. The number of aromatic nitrogens is 2. The summed E-state index contributed by atoms with van der Waals surface area (Å²) in [6.07, 6.45) is 4.00. The molecule has 0 aliphatic carbocycles. The maximum atomic E-state index is 4.58. The van der Waals surface area contributed by atoms with Crippen molar-refractivity contribution in [3.63, 3.8) is 0 Å². The molecule has 3 heteroatoms. The van der Waals surface area contributed by atoms with E-state index in [0.717, 1.165) is 31.0 Å². The number of anilines is 1. The Morgan fingerprint density at radius 2 is 2.11 bits per heavy atom. The average molecular weight is 253 g/mol.